The fourth-order valence-corrected chi connectivity index (χ4v) is 3.53. The molecule has 0 N–H and O–H groups in total. The maximum Gasteiger partial charge on any atom is 0.308 e. The highest BCUT2D eigenvalue weighted by atomic mass is 16.5. The summed E-state index contributed by atoms with van der Waals surface area (Å²) in [5, 5.41) is 8.27. The summed E-state index contributed by atoms with van der Waals surface area (Å²) in [6, 6.07) is 16.9. The van der Waals surface area contributed by atoms with Gasteiger partial charge in [-0.3, -0.25) is 14.4 Å². The predicted molar refractivity (Wildman–Crippen MR) is 115 cm³/mol. The SMILES string of the molecule is O=C(CCn1nnc2ccccc2c1=O)OCC(=O)N1CCN(c2ccccc2)CC1. The average molecular weight is 421 g/mol. The number of anilines is 1. The Balaban J connectivity index is 1.23. The van der Waals surface area contributed by atoms with E-state index >= 15 is 0 Å². The molecule has 4 rings (SSSR count). The molecular formula is C22H23N5O4. The number of hydrogen-bond acceptors (Lipinski definition) is 7. The van der Waals surface area contributed by atoms with E-state index in [0.717, 1.165) is 23.5 Å². The normalized spacial score (nSPS) is 13.9. The first kappa shape index (κ1) is 20.5. The Hall–Kier alpha value is -3.75. The molecule has 0 saturated carbocycles. The Morgan fingerprint density at radius 2 is 1.65 bits per heavy atom. The summed E-state index contributed by atoms with van der Waals surface area (Å²) in [6.45, 7) is 2.35. The molecule has 0 bridgehead atoms. The van der Waals surface area contributed by atoms with E-state index in [1.165, 1.54) is 0 Å². The van der Waals surface area contributed by atoms with Gasteiger partial charge in [0.15, 0.2) is 6.61 Å². The average Bonchev–Trinajstić information content (AvgIpc) is 2.83. The summed E-state index contributed by atoms with van der Waals surface area (Å²) in [6.07, 6.45) is -0.0675. The Morgan fingerprint density at radius 3 is 2.42 bits per heavy atom. The van der Waals surface area contributed by atoms with Crippen LogP contribution in [0, 0.1) is 0 Å². The highest BCUT2D eigenvalue weighted by Gasteiger charge is 2.22. The van der Waals surface area contributed by atoms with E-state index in [0.29, 0.717) is 24.0 Å². The third kappa shape index (κ3) is 4.88. The van der Waals surface area contributed by atoms with Crippen LogP contribution in [0.4, 0.5) is 5.69 Å². The second kappa shape index (κ2) is 9.38. The van der Waals surface area contributed by atoms with Gasteiger partial charge in [-0.25, -0.2) is 4.68 Å². The number of amides is 1. The van der Waals surface area contributed by atoms with Crippen molar-refractivity contribution in [2.45, 2.75) is 13.0 Å². The number of carbonyl (C=O) groups excluding carboxylic acids is 2. The van der Waals surface area contributed by atoms with Crippen molar-refractivity contribution >= 4 is 28.5 Å². The van der Waals surface area contributed by atoms with Gasteiger partial charge in [-0.05, 0) is 24.3 Å². The standard InChI is InChI=1S/C22H23N5O4/c28-20(26-14-12-25(13-15-26)17-6-2-1-3-7-17)16-31-21(29)10-11-27-22(30)18-8-4-5-9-19(18)23-24-27/h1-9H,10-16H2. The summed E-state index contributed by atoms with van der Waals surface area (Å²) in [5.41, 5.74) is 1.32. The number of esters is 1. The van der Waals surface area contributed by atoms with Gasteiger partial charge < -0.3 is 14.5 Å². The van der Waals surface area contributed by atoms with Crippen LogP contribution in [-0.2, 0) is 20.9 Å². The molecule has 0 atom stereocenters. The van der Waals surface area contributed by atoms with Crippen LogP contribution in [0.1, 0.15) is 6.42 Å². The largest absolute Gasteiger partial charge is 0.456 e. The third-order valence-corrected chi connectivity index (χ3v) is 5.27. The number of aryl methyl sites for hydroxylation is 1. The van der Waals surface area contributed by atoms with E-state index in [4.69, 9.17) is 4.74 Å². The highest BCUT2D eigenvalue weighted by Crippen LogP contribution is 2.15. The molecule has 0 aliphatic carbocycles. The molecule has 1 saturated heterocycles. The van der Waals surface area contributed by atoms with Crippen LogP contribution in [0.2, 0.25) is 0 Å². The molecule has 0 unspecified atom stereocenters. The van der Waals surface area contributed by atoms with Gasteiger partial charge in [0.25, 0.3) is 11.5 Å². The molecule has 1 aliphatic heterocycles. The number of ether oxygens (including phenoxy) is 1. The molecule has 0 radical (unpaired) electrons. The van der Waals surface area contributed by atoms with Crippen LogP contribution in [0.5, 0.6) is 0 Å². The number of hydrogen-bond donors (Lipinski definition) is 0. The number of piperazine rings is 1. The third-order valence-electron chi connectivity index (χ3n) is 5.27. The fraction of sp³-hybridized carbons (Fsp3) is 0.318. The molecule has 1 aliphatic rings. The van der Waals surface area contributed by atoms with Crippen LogP contribution >= 0.6 is 0 Å². The number of aromatic nitrogens is 3. The first-order chi connectivity index (χ1) is 15.1. The summed E-state index contributed by atoms with van der Waals surface area (Å²) in [5.74, 6) is -0.776. The zero-order chi connectivity index (χ0) is 21.6. The first-order valence-electron chi connectivity index (χ1n) is 10.2. The predicted octanol–water partition coefficient (Wildman–Crippen LogP) is 1.07. The molecule has 1 amide bonds. The van der Waals surface area contributed by atoms with E-state index in [-0.39, 0.29) is 31.0 Å². The number of carbonyl (C=O) groups is 2. The maximum atomic E-state index is 12.4. The number of para-hydroxylation sites is 1. The van der Waals surface area contributed by atoms with Crippen molar-refractivity contribution in [3.05, 3.63) is 65.0 Å². The highest BCUT2D eigenvalue weighted by molar-refractivity contribution is 5.81. The Labute approximate surface area is 178 Å². The maximum absolute atomic E-state index is 12.4. The quantitative estimate of drug-likeness (QED) is 0.549. The molecule has 9 heteroatoms. The minimum atomic E-state index is -0.557. The first-order valence-corrected chi connectivity index (χ1v) is 10.2. The zero-order valence-corrected chi connectivity index (χ0v) is 17.0. The smallest absolute Gasteiger partial charge is 0.308 e. The van der Waals surface area contributed by atoms with Gasteiger partial charge in [0.05, 0.1) is 18.4 Å². The van der Waals surface area contributed by atoms with E-state index in [2.05, 4.69) is 15.2 Å². The molecular weight excluding hydrogens is 398 g/mol. The number of nitrogens with zero attached hydrogens (tertiary/aromatic N) is 5. The molecule has 160 valence electrons. The molecule has 2 heterocycles. The van der Waals surface area contributed by atoms with Gasteiger partial charge in [0.1, 0.15) is 5.52 Å². The van der Waals surface area contributed by atoms with Gasteiger partial charge in [-0.1, -0.05) is 35.5 Å². The zero-order valence-electron chi connectivity index (χ0n) is 17.0. The van der Waals surface area contributed by atoms with E-state index in [1.807, 2.05) is 30.3 Å². The lowest BCUT2D eigenvalue weighted by molar-refractivity contribution is -0.152. The number of benzene rings is 2. The second-order valence-electron chi connectivity index (χ2n) is 7.25. The fourth-order valence-electron chi connectivity index (χ4n) is 3.53. The van der Waals surface area contributed by atoms with Crippen LogP contribution < -0.4 is 10.5 Å². The van der Waals surface area contributed by atoms with Gasteiger partial charge in [-0.2, -0.15) is 0 Å². The molecule has 0 spiro atoms. The van der Waals surface area contributed by atoms with Gasteiger partial charge in [-0.15, -0.1) is 5.10 Å². The Kier molecular flexibility index (Phi) is 6.21. The van der Waals surface area contributed by atoms with Crippen molar-refractivity contribution in [1.29, 1.82) is 0 Å². The van der Waals surface area contributed by atoms with Gasteiger partial charge in [0, 0.05) is 31.9 Å². The van der Waals surface area contributed by atoms with E-state index in [9.17, 15) is 14.4 Å². The lowest BCUT2D eigenvalue weighted by Crippen LogP contribution is -2.49. The van der Waals surface area contributed by atoms with Crippen LogP contribution in [0.15, 0.2) is 59.4 Å². The molecule has 1 aromatic heterocycles. The van der Waals surface area contributed by atoms with Crippen molar-refractivity contribution in [2.24, 2.45) is 0 Å². The van der Waals surface area contributed by atoms with E-state index < -0.39 is 5.97 Å². The second-order valence-corrected chi connectivity index (χ2v) is 7.25. The molecule has 1 fully saturated rings. The van der Waals surface area contributed by atoms with E-state index in [1.54, 1.807) is 29.2 Å². The summed E-state index contributed by atoms with van der Waals surface area (Å²) in [4.78, 5) is 40.7. The van der Waals surface area contributed by atoms with Gasteiger partial charge >= 0.3 is 5.97 Å². The van der Waals surface area contributed by atoms with Crippen molar-refractivity contribution in [2.75, 3.05) is 37.7 Å². The Bertz CT molecular complexity index is 1120. The van der Waals surface area contributed by atoms with Crippen LogP contribution in [0.3, 0.4) is 0 Å². The van der Waals surface area contributed by atoms with Gasteiger partial charge in [0.2, 0.25) is 0 Å². The van der Waals surface area contributed by atoms with Crippen molar-refractivity contribution in [1.82, 2.24) is 19.9 Å². The Morgan fingerprint density at radius 1 is 0.935 bits per heavy atom. The number of fused-ring (bicyclic) bond motifs is 1. The summed E-state index contributed by atoms with van der Waals surface area (Å²) < 4.78 is 6.24. The molecule has 3 aromatic rings. The molecule has 31 heavy (non-hydrogen) atoms. The van der Waals surface area contributed by atoms with Crippen molar-refractivity contribution < 1.29 is 14.3 Å². The number of rotatable bonds is 6. The minimum absolute atomic E-state index is 0.0411. The summed E-state index contributed by atoms with van der Waals surface area (Å²) >= 11 is 0. The van der Waals surface area contributed by atoms with Crippen LogP contribution in [-0.4, -0.2) is 64.6 Å². The molecule has 9 nitrogen and oxygen atoms in total. The molecule has 2 aromatic carbocycles. The summed E-state index contributed by atoms with van der Waals surface area (Å²) in [7, 11) is 0. The monoisotopic (exact) mass is 421 g/mol. The lowest BCUT2D eigenvalue weighted by atomic mass is 10.2. The lowest BCUT2D eigenvalue weighted by Gasteiger charge is -2.36. The van der Waals surface area contributed by atoms with Crippen molar-refractivity contribution in [3.63, 3.8) is 0 Å². The topological polar surface area (TPSA) is 97.6 Å². The van der Waals surface area contributed by atoms with Crippen molar-refractivity contribution in [3.8, 4) is 0 Å². The minimum Gasteiger partial charge on any atom is -0.456 e. The van der Waals surface area contributed by atoms with Crippen LogP contribution in [0.25, 0.3) is 10.9 Å².